The van der Waals surface area contributed by atoms with Crippen molar-refractivity contribution in [2.45, 2.75) is 19.8 Å². The molecule has 0 atom stereocenters. The predicted octanol–water partition coefficient (Wildman–Crippen LogP) is 3.47. The molecule has 7 nitrogen and oxygen atoms in total. The number of nitrogens with zero attached hydrogens (tertiary/aromatic N) is 2. The molecular formula is C18H16ClN3O4. The highest BCUT2D eigenvalue weighted by Crippen LogP contribution is 2.31. The molecule has 0 fully saturated rings. The van der Waals surface area contributed by atoms with Crippen molar-refractivity contribution in [3.05, 3.63) is 62.7 Å². The maximum Gasteiger partial charge on any atom is 0.269 e. The Labute approximate surface area is 154 Å². The van der Waals surface area contributed by atoms with E-state index in [1.165, 1.54) is 23.1 Å². The van der Waals surface area contributed by atoms with Crippen LogP contribution in [0.3, 0.4) is 0 Å². The van der Waals surface area contributed by atoms with Crippen molar-refractivity contribution in [3.63, 3.8) is 0 Å². The molecule has 0 spiro atoms. The van der Waals surface area contributed by atoms with E-state index in [4.69, 9.17) is 11.6 Å². The lowest BCUT2D eigenvalue weighted by atomic mass is 10.0. The summed E-state index contributed by atoms with van der Waals surface area (Å²) in [7, 11) is 0. The van der Waals surface area contributed by atoms with Gasteiger partial charge in [0.2, 0.25) is 11.8 Å². The van der Waals surface area contributed by atoms with E-state index in [0.717, 1.165) is 5.56 Å². The van der Waals surface area contributed by atoms with Crippen LogP contribution in [0.1, 0.15) is 17.5 Å². The third-order valence-electron chi connectivity index (χ3n) is 4.24. The van der Waals surface area contributed by atoms with Crippen LogP contribution in [0.15, 0.2) is 36.4 Å². The average molecular weight is 374 g/mol. The molecule has 2 aromatic carbocycles. The second-order valence-electron chi connectivity index (χ2n) is 6.06. The van der Waals surface area contributed by atoms with E-state index in [1.807, 2.05) is 6.92 Å². The van der Waals surface area contributed by atoms with Crippen molar-refractivity contribution in [2.75, 3.05) is 16.8 Å². The number of hydrogen-bond acceptors (Lipinski definition) is 4. The maximum absolute atomic E-state index is 12.4. The van der Waals surface area contributed by atoms with E-state index in [-0.39, 0.29) is 30.5 Å². The van der Waals surface area contributed by atoms with E-state index >= 15 is 0 Å². The number of hydrogen-bond donors (Lipinski definition) is 1. The number of carbonyl (C=O) groups excluding carboxylic acids is 2. The van der Waals surface area contributed by atoms with E-state index in [0.29, 0.717) is 28.4 Å². The molecule has 2 aromatic rings. The normalized spacial score (nSPS) is 13.3. The Hall–Kier alpha value is -2.93. The highest BCUT2D eigenvalue weighted by molar-refractivity contribution is 6.30. The van der Waals surface area contributed by atoms with Crippen molar-refractivity contribution in [1.82, 2.24) is 0 Å². The quantitative estimate of drug-likeness (QED) is 0.656. The minimum Gasteiger partial charge on any atom is -0.324 e. The standard InChI is InChI=1S/C18H16ClN3O4/c1-11-8-13(19)3-5-15(11)20-17(23)10-21-16-6-4-14(22(25)26)9-12(16)2-7-18(21)24/h3-6,8-9H,2,7,10H2,1H3,(H,20,23). The van der Waals surface area contributed by atoms with E-state index in [1.54, 1.807) is 18.2 Å². The molecule has 0 bridgehead atoms. The summed E-state index contributed by atoms with van der Waals surface area (Å²) < 4.78 is 0. The molecule has 134 valence electrons. The van der Waals surface area contributed by atoms with Crippen molar-refractivity contribution < 1.29 is 14.5 Å². The molecule has 0 unspecified atom stereocenters. The summed E-state index contributed by atoms with van der Waals surface area (Å²) in [5.41, 5.74) is 2.63. The van der Waals surface area contributed by atoms with Gasteiger partial charge in [-0.15, -0.1) is 0 Å². The van der Waals surface area contributed by atoms with Crippen molar-refractivity contribution >= 4 is 40.5 Å². The lowest BCUT2D eigenvalue weighted by Gasteiger charge is -2.28. The first-order chi connectivity index (χ1) is 12.3. The number of aryl methyl sites for hydroxylation is 2. The van der Waals surface area contributed by atoms with Crippen LogP contribution in [0.2, 0.25) is 5.02 Å². The Balaban J connectivity index is 1.80. The van der Waals surface area contributed by atoms with Crippen LogP contribution in [-0.4, -0.2) is 23.3 Å². The third kappa shape index (κ3) is 3.67. The van der Waals surface area contributed by atoms with Crippen LogP contribution in [-0.2, 0) is 16.0 Å². The number of nitro groups is 1. The number of nitro benzene ring substituents is 1. The number of amides is 2. The SMILES string of the molecule is Cc1cc(Cl)ccc1NC(=O)CN1C(=O)CCc2cc([N+](=O)[O-])ccc21. The molecule has 0 aromatic heterocycles. The maximum atomic E-state index is 12.4. The van der Waals surface area contributed by atoms with E-state index in [9.17, 15) is 19.7 Å². The van der Waals surface area contributed by atoms with Crippen LogP contribution in [0, 0.1) is 17.0 Å². The van der Waals surface area contributed by atoms with Crippen LogP contribution < -0.4 is 10.2 Å². The molecule has 0 saturated heterocycles. The average Bonchev–Trinajstić information content (AvgIpc) is 2.59. The number of anilines is 2. The zero-order valence-corrected chi connectivity index (χ0v) is 14.7. The number of carbonyl (C=O) groups is 2. The van der Waals surface area contributed by atoms with E-state index < -0.39 is 4.92 Å². The zero-order chi connectivity index (χ0) is 18.8. The van der Waals surface area contributed by atoms with Gasteiger partial charge in [0.15, 0.2) is 0 Å². The molecule has 1 N–H and O–H groups in total. The summed E-state index contributed by atoms with van der Waals surface area (Å²) >= 11 is 5.91. The van der Waals surface area contributed by atoms with Crippen LogP contribution in [0.5, 0.6) is 0 Å². The Morgan fingerprint density at radius 1 is 1.27 bits per heavy atom. The van der Waals surface area contributed by atoms with Gasteiger partial charge in [-0.1, -0.05) is 11.6 Å². The van der Waals surface area contributed by atoms with Gasteiger partial charge in [-0.2, -0.15) is 0 Å². The summed E-state index contributed by atoms with van der Waals surface area (Å²) in [6.07, 6.45) is 0.631. The van der Waals surface area contributed by atoms with Crippen LogP contribution >= 0.6 is 11.6 Å². The first-order valence-corrected chi connectivity index (χ1v) is 8.36. The molecule has 0 saturated carbocycles. The molecular weight excluding hydrogens is 358 g/mol. The third-order valence-corrected chi connectivity index (χ3v) is 4.47. The summed E-state index contributed by atoms with van der Waals surface area (Å²) in [5.74, 6) is -0.538. The fourth-order valence-electron chi connectivity index (χ4n) is 2.93. The highest BCUT2D eigenvalue weighted by Gasteiger charge is 2.27. The molecule has 0 radical (unpaired) electrons. The fourth-order valence-corrected chi connectivity index (χ4v) is 3.16. The largest absolute Gasteiger partial charge is 0.324 e. The van der Waals surface area contributed by atoms with Gasteiger partial charge in [-0.05, 0) is 48.7 Å². The van der Waals surface area contributed by atoms with Gasteiger partial charge in [0, 0.05) is 35.0 Å². The molecule has 1 aliphatic rings. The Bertz CT molecular complexity index is 913. The van der Waals surface area contributed by atoms with Gasteiger partial charge >= 0.3 is 0 Å². The Morgan fingerprint density at radius 2 is 2.04 bits per heavy atom. The second-order valence-corrected chi connectivity index (χ2v) is 6.49. The minimum atomic E-state index is -0.475. The Kier molecular flexibility index (Phi) is 4.90. The summed E-state index contributed by atoms with van der Waals surface area (Å²) in [6.45, 7) is 1.66. The van der Waals surface area contributed by atoms with Crippen molar-refractivity contribution in [1.29, 1.82) is 0 Å². The number of non-ortho nitro benzene ring substituents is 1. The van der Waals surface area contributed by atoms with Gasteiger partial charge in [-0.3, -0.25) is 19.7 Å². The Morgan fingerprint density at radius 3 is 2.73 bits per heavy atom. The number of benzene rings is 2. The second kappa shape index (κ2) is 7.13. The van der Waals surface area contributed by atoms with E-state index in [2.05, 4.69) is 5.32 Å². The molecule has 3 rings (SSSR count). The lowest BCUT2D eigenvalue weighted by Crippen LogP contribution is -2.41. The van der Waals surface area contributed by atoms with Gasteiger partial charge in [-0.25, -0.2) is 0 Å². The van der Waals surface area contributed by atoms with Gasteiger partial charge in [0.05, 0.1) is 4.92 Å². The summed E-state index contributed by atoms with van der Waals surface area (Å²) in [4.78, 5) is 36.5. The fraction of sp³-hybridized carbons (Fsp3) is 0.222. The number of nitrogens with one attached hydrogen (secondary N) is 1. The summed E-state index contributed by atoms with van der Waals surface area (Å²) in [5, 5.41) is 14.3. The number of rotatable bonds is 4. The summed E-state index contributed by atoms with van der Waals surface area (Å²) in [6, 6.07) is 9.42. The molecule has 8 heteroatoms. The number of fused-ring (bicyclic) bond motifs is 1. The number of halogens is 1. The smallest absolute Gasteiger partial charge is 0.269 e. The molecule has 1 heterocycles. The van der Waals surface area contributed by atoms with Gasteiger partial charge in [0.25, 0.3) is 5.69 Å². The van der Waals surface area contributed by atoms with Gasteiger partial charge in [0.1, 0.15) is 6.54 Å². The topological polar surface area (TPSA) is 92.6 Å². The highest BCUT2D eigenvalue weighted by atomic mass is 35.5. The van der Waals surface area contributed by atoms with Crippen molar-refractivity contribution in [3.8, 4) is 0 Å². The first kappa shape index (κ1) is 17.9. The monoisotopic (exact) mass is 373 g/mol. The molecule has 1 aliphatic heterocycles. The molecule has 26 heavy (non-hydrogen) atoms. The predicted molar refractivity (Wildman–Crippen MR) is 98.6 cm³/mol. The lowest BCUT2D eigenvalue weighted by molar-refractivity contribution is -0.384. The molecule has 2 amide bonds. The van der Waals surface area contributed by atoms with Crippen LogP contribution in [0.25, 0.3) is 0 Å². The minimum absolute atomic E-state index is 0.0284. The van der Waals surface area contributed by atoms with Crippen LogP contribution in [0.4, 0.5) is 17.1 Å². The van der Waals surface area contributed by atoms with Crippen molar-refractivity contribution in [2.24, 2.45) is 0 Å². The molecule has 0 aliphatic carbocycles. The van der Waals surface area contributed by atoms with Gasteiger partial charge < -0.3 is 10.2 Å². The first-order valence-electron chi connectivity index (χ1n) is 7.99. The zero-order valence-electron chi connectivity index (χ0n) is 14.0.